The van der Waals surface area contributed by atoms with Crippen molar-refractivity contribution in [2.45, 2.75) is 128 Å². The minimum Gasteiger partial charge on any atom is -0.0729 e. The molecule has 0 radical (unpaired) electrons. The summed E-state index contributed by atoms with van der Waals surface area (Å²) in [6.45, 7) is 30.4. The molecule has 0 saturated carbocycles. The van der Waals surface area contributed by atoms with Gasteiger partial charge in [-0.1, -0.05) is 273 Å². The Morgan fingerprint density at radius 1 is 0.433 bits per heavy atom. The average Bonchev–Trinajstić information content (AvgIpc) is 3.42. The molecule has 346 valence electrons. The number of hydrogen-bond donors (Lipinski definition) is 0. The van der Waals surface area contributed by atoms with Crippen LogP contribution in [0.4, 0.5) is 0 Å². The molecule has 2 bridgehead atoms. The molecule has 0 saturated heterocycles. The number of fused-ring (bicyclic) bond motifs is 9. The van der Waals surface area contributed by atoms with Gasteiger partial charge in [0.15, 0.2) is 0 Å². The minimum atomic E-state index is 0.152. The zero-order valence-corrected chi connectivity index (χ0v) is 43.4. The van der Waals surface area contributed by atoms with Crippen LogP contribution >= 0.6 is 0 Å². The molecule has 0 fully saturated rings. The summed E-state index contributed by atoms with van der Waals surface area (Å²) in [7, 11) is 0. The lowest BCUT2D eigenvalue weighted by molar-refractivity contribution is 0.660. The Hall–Kier alpha value is -6.24. The Labute approximate surface area is 407 Å². The predicted octanol–water partition coefficient (Wildman–Crippen LogP) is 20.2. The fourth-order valence-electron chi connectivity index (χ4n) is 9.22. The van der Waals surface area contributed by atoms with E-state index in [0.29, 0.717) is 5.92 Å². The van der Waals surface area contributed by atoms with Gasteiger partial charge in [-0.2, -0.15) is 0 Å². The Balaban J connectivity index is 0.000000174. The molecule has 0 heteroatoms. The summed E-state index contributed by atoms with van der Waals surface area (Å²) in [5.41, 5.74) is 26.1. The number of aryl methyl sites for hydroxylation is 4. The SMILES string of the molecule is CC.CC1=C2C=CC=CC1c1ccc(C)cc1-c1ccccc12.CCC.CCCC.Cc1ccc(-c2cccc(-c3ccccc3C)c2C)cc1.Cc1ccc2c(c1)-c1ccccc1C2(C)C. The van der Waals surface area contributed by atoms with E-state index in [0.717, 1.165) is 0 Å². The summed E-state index contributed by atoms with van der Waals surface area (Å²) >= 11 is 0. The highest BCUT2D eigenvalue weighted by molar-refractivity contribution is 5.92. The van der Waals surface area contributed by atoms with Crippen LogP contribution in [0.1, 0.15) is 138 Å². The molecule has 0 spiro atoms. The molecule has 67 heavy (non-hydrogen) atoms. The molecule has 1 unspecified atom stereocenters. The van der Waals surface area contributed by atoms with E-state index in [1.54, 1.807) is 0 Å². The quantitative estimate of drug-likeness (QED) is 0.166. The maximum Gasteiger partial charge on any atom is 0.0244 e. The van der Waals surface area contributed by atoms with Gasteiger partial charge in [-0.25, -0.2) is 0 Å². The predicted molar refractivity (Wildman–Crippen MR) is 298 cm³/mol. The first-order valence-electron chi connectivity index (χ1n) is 25.1. The standard InChI is InChI=1S/C21H18.C21H20.C16H16.C4H10.C3H8.C2H6/c1-14-11-12-20-17-8-4-3-7-16(15(17)2)18-9-5-6-10-19(18)21(20)13-14;1-15-11-13-18(14-12-15)20-9-6-10-21(17(20)3)19-8-5-4-7-16(19)2;1-11-8-9-15-13(10-11)12-6-4-5-7-14(12)16(15,2)3;1-3-4-2;1-3-2;1-2/h3-13,17H,1-2H3;4-14H,1-3H3;4-10H,1-3H3;3-4H2,1-2H3;3H2,1-2H3;1-2H3. The molecule has 0 aliphatic heterocycles. The summed E-state index contributed by atoms with van der Waals surface area (Å²) in [6.07, 6.45) is 12.8. The summed E-state index contributed by atoms with van der Waals surface area (Å²) in [5, 5.41) is 0. The lowest BCUT2D eigenvalue weighted by Crippen LogP contribution is -2.14. The molecule has 0 N–H and O–H groups in total. The first-order chi connectivity index (χ1) is 32.4. The smallest absolute Gasteiger partial charge is 0.0244 e. The molecular formula is C67H78. The van der Waals surface area contributed by atoms with Crippen molar-refractivity contribution in [2.75, 3.05) is 0 Å². The maximum absolute atomic E-state index is 2.33. The number of benzene rings is 7. The molecular weight excluding hydrogens is 805 g/mol. The lowest BCUT2D eigenvalue weighted by atomic mass is 9.82. The van der Waals surface area contributed by atoms with Gasteiger partial charge in [-0.05, 0) is 125 Å². The van der Waals surface area contributed by atoms with Crippen LogP contribution < -0.4 is 0 Å². The van der Waals surface area contributed by atoms with Gasteiger partial charge in [0, 0.05) is 11.3 Å². The second-order valence-electron chi connectivity index (χ2n) is 18.5. The van der Waals surface area contributed by atoms with Crippen molar-refractivity contribution in [3.8, 4) is 44.5 Å². The monoisotopic (exact) mass is 883 g/mol. The van der Waals surface area contributed by atoms with Crippen LogP contribution in [-0.4, -0.2) is 0 Å². The van der Waals surface area contributed by atoms with Crippen LogP contribution in [-0.2, 0) is 5.41 Å². The lowest BCUT2D eigenvalue weighted by Gasteiger charge is -2.21. The van der Waals surface area contributed by atoms with E-state index < -0.39 is 0 Å². The van der Waals surface area contributed by atoms with E-state index in [4.69, 9.17) is 0 Å². The third kappa shape index (κ3) is 12.0. The zero-order chi connectivity index (χ0) is 48.7. The molecule has 3 aliphatic rings. The van der Waals surface area contributed by atoms with E-state index in [9.17, 15) is 0 Å². The summed E-state index contributed by atoms with van der Waals surface area (Å²) in [5.74, 6) is 0.373. The Bertz CT molecular complexity index is 2800. The van der Waals surface area contributed by atoms with Gasteiger partial charge in [0.05, 0.1) is 0 Å². The van der Waals surface area contributed by atoms with Crippen LogP contribution in [0, 0.1) is 34.6 Å². The van der Waals surface area contributed by atoms with Gasteiger partial charge in [-0.15, -0.1) is 0 Å². The number of unbranched alkanes of at least 4 members (excludes halogenated alkanes) is 1. The van der Waals surface area contributed by atoms with Crippen molar-refractivity contribution < 1.29 is 0 Å². The zero-order valence-electron chi connectivity index (χ0n) is 43.4. The molecule has 0 heterocycles. The fourth-order valence-corrected chi connectivity index (χ4v) is 9.22. The van der Waals surface area contributed by atoms with Crippen molar-refractivity contribution >= 4 is 5.57 Å². The van der Waals surface area contributed by atoms with E-state index in [2.05, 4.69) is 259 Å². The first-order valence-corrected chi connectivity index (χ1v) is 25.1. The van der Waals surface area contributed by atoms with Crippen molar-refractivity contribution in [1.29, 1.82) is 0 Å². The Kier molecular flexibility index (Phi) is 18.9. The second kappa shape index (κ2) is 24.5. The minimum absolute atomic E-state index is 0.152. The van der Waals surface area contributed by atoms with Crippen LogP contribution in [0.2, 0.25) is 0 Å². The van der Waals surface area contributed by atoms with E-state index >= 15 is 0 Å². The van der Waals surface area contributed by atoms with Crippen molar-refractivity contribution in [3.05, 3.63) is 232 Å². The molecule has 10 rings (SSSR count). The van der Waals surface area contributed by atoms with Crippen LogP contribution in [0.3, 0.4) is 0 Å². The Morgan fingerprint density at radius 3 is 1.58 bits per heavy atom. The highest BCUT2D eigenvalue weighted by Gasteiger charge is 2.34. The number of hydrogen-bond acceptors (Lipinski definition) is 0. The average molecular weight is 883 g/mol. The van der Waals surface area contributed by atoms with Gasteiger partial charge in [-0.3, -0.25) is 0 Å². The largest absolute Gasteiger partial charge is 0.0729 e. The first kappa shape index (κ1) is 51.7. The summed E-state index contributed by atoms with van der Waals surface area (Å²) in [6, 6.07) is 55.1. The van der Waals surface area contributed by atoms with E-state index in [1.165, 1.54) is 125 Å². The highest BCUT2D eigenvalue weighted by atomic mass is 14.4. The molecule has 1 atom stereocenters. The van der Waals surface area contributed by atoms with Gasteiger partial charge in [0.1, 0.15) is 0 Å². The number of rotatable bonds is 3. The van der Waals surface area contributed by atoms with Crippen molar-refractivity contribution in [2.24, 2.45) is 0 Å². The van der Waals surface area contributed by atoms with Crippen LogP contribution in [0.5, 0.6) is 0 Å². The van der Waals surface area contributed by atoms with Gasteiger partial charge in [0.25, 0.3) is 0 Å². The molecule has 0 nitrogen and oxygen atoms in total. The normalized spacial score (nSPS) is 13.8. The second-order valence-corrected chi connectivity index (χ2v) is 18.5. The summed E-state index contributed by atoms with van der Waals surface area (Å²) in [4.78, 5) is 0. The Morgan fingerprint density at radius 2 is 0.940 bits per heavy atom. The number of allylic oxidation sites excluding steroid dienone is 6. The third-order valence-electron chi connectivity index (χ3n) is 13.0. The van der Waals surface area contributed by atoms with Gasteiger partial charge in [0.2, 0.25) is 0 Å². The van der Waals surface area contributed by atoms with Crippen molar-refractivity contribution in [1.82, 2.24) is 0 Å². The fraction of sp³-hybridized carbons (Fsp3) is 0.284. The van der Waals surface area contributed by atoms with Crippen LogP contribution in [0.25, 0.3) is 50.1 Å². The maximum atomic E-state index is 2.33. The van der Waals surface area contributed by atoms with Crippen molar-refractivity contribution in [3.63, 3.8) is 0 Å². The topological polar surface area (TPSA) is 0 Å². The molecule has 0 aromatic heterocycles. The van der Waals surface area contributed by atoms with E-state index in [-0.39, 0.29) is 5.41 Å². The molecule has 0 amide bonds. The highest BCUT2D eigenvalue weighted by Crippen LogP contribution is 2.49. The van der Waals surface area contributed by atoms with Gasteiger partial charge < -0.3 is 0 Å². The van der Waals surface area contributed by atoms with E-state index in [1.807, 2.05) is 13.8 Å². The van der Waals surface area contributed by atoms with Gasteiger partial charge >= 0.3 is 0 Å². The third-order valence-corrected chi connectivity index (χ3v) is 13.0. The van der Waals surface area contributed by atoms with Crippen LogP contribution in [0.15, 0.2) is 182 Å². The molecule has 3 aliphatic carbocycles. The summed E-state index contributed by atoms with van der Waals surface area (Å²) < 4.78 is 0. The molecule has 7 aromatic carbocycles. The molecule has 7 aromatic rings.